The van der Waals surface area contributed by atoms with E-state index in [1.807, 2.05) is 6.92 Å². The lowest BCUT2D eigenvalue weighted by molar-refractivity contribution is -0.123. The first-order valence-corrected chi connectivity index (χ1v) is 5.48. The van der Waals surface area contributed by atoms with Gasteiger partial charge in [0.25, 0.3) is 5.91 Å². The van der Waals surface area contributed by atoms with Crippen molar-refractivity contribution in [2.24, 2.45) is 0 Å². The van der Waals surface area contributed by atoms with E-state index in [0.29, 0.717) is 5.13 Å². The standard InChI is InChI=1S/C8H12N4O2S/c1-5-11-12-8(15-5)10-7(13)4-14-6-2-9-3-6/h6,9H,2-4H2,1H3,(H,10,12,13). The second-order valence-corrected chi connectivity index (χ2v) is 4.45. The second kappa shape index (κ2) is 4.65. The molecule has 0 atom stereocenters. The molecule has 2 N–H and O–H groups in total. The summed E-state index contributed by atoms with van der Waals surface area (Å²) < 4.78 is 5.30. The van der Waals surface area contributed by atoms with Crippen LogP contribution in [0.2, 0.25) is 0 Å². The van der Waals surface area contributed by atoms with Gasteiger partial charge >= 0.3 is 0 Å². The van der Waals surface area contributed by atoms with Gasteiger partial charge in [-0.05, 0) is 6.92 Å². The van der Waals surface area contributed by atoms with E-state index in [0.717, 1.165) is 18.1 Å². The predicted molar refractivity (Wildman–Crippen MR) is 55.9 cm³/mol. The minimum Gasteiger partial charge on any atom is -0.366 e. The zero-order chi connectivity index (χ0) is 10.7. The molecule has 7 heteroatoms. The monoisotopic (exact) mass is 228 g/mol. The summed E-state index contributed by atoms with van der Waals surface area (Å²) in [6.07, 6.45) is 0.173. The number of anilines is 1. The first kappa shape index (κ1) is 10.5. The molecule has 2 rings (SSSR count). The highest BCUT2D eigenvalue weighted by Gasteiger charge is 2.18. The van der Waals surface area contributed by atoms with Crippen LogP contribution < -0.4 is 10.6 Å². The number of nitrogens with one attached hydrogen (secondary N) is 2. The van der Waals surface area contributed by atoms with Gasteiger partial charge in [0.1, 0.15) is 11.6 Å². The topological polar surface area (TPSA) is 76.1 Å². The number of hydrogen-bond acceptors (Lipinski definition) is 6. The Kier molecular flexibility index (Phi) is 3.24. The van der Waals surface area contributed by atoms with Gasteiger partial charge < -0.3 is 10.1 Å². The lowest BCUT2D eigenvalue weighted by Gasteiger charge is -2.26. The second-order valence-electron chi connectivity index (χ2n) is 3.27. The van der Waals surface area contributed by atoms with E-state index in [1.54, 1.807) is 0 Å². The summed E-state index contributed by atoms with van der Waals surface area (Å²) in [4.78, 5) is 11.3. The fraction of sp³-hybridized carbons (Fsp3) is 0.625. The number of carbonyl (C=O) groups excluding carboxylic acids is 1. The normalized spacial score (nSPS) is 16.1. The molecule has 0 aromatic carbocycles. The lowest BCUT2D eigenvalue weighted by Crippen LogP contribution is -2.49. The van der Waals surface area contributed by atoms with Crippen molar-refractivity contribution < 1.29 is 9.53 Å². The first-order valence-electron chi connectivity index (χ1n) is 4.66. The van der Waals surface area contributed by atoms with E-state index in [2.05, 4.69) is 20.8 Å². The molecule has 1 aromatic heterocycles. The molecule has 0 unspecified atom stereocenters. The Bertz CT molecular complexity index is 350. The molecule has 1 aliphatic rings. The van der Waals surface area contributed by atoms with Crippen LogP contribution in [0, 0.1) is 6.92 Å². The summed E-state index contributed by atoms with van der Waals surface area (Å²) in [5.41, 5.74) is 0. The maximum atomic E-state index is 11.3. The third kappa shape index (κ3) is 2.95. The smallest absolute Gasteiger partial charge is 0.252 e. The number of hydrogen-bond donors (Lipinski definition) is 2. The van der Waals surface area contributed by atoms with Crippen LogP contribution in [-0.4, -0.2) is 41.9 Å². The van der Waals surface area contributed by atoms with Crippen LogP contribution in [0.1, 0.15) is 5.01 Å². The molecule has 1 fully saturated rings. The van der Waals surface area contributed by atoms with Crippen molar-refractivity contribution in [3.05, 3.63) is 5.01 Å². The Labute approximate surface area is 91.0 Å². The van der Waals surface area contributed by atoms with E-state index in [1.165, 1.54) is 11.3 Å². The highest BCUT2D eigenvalue weighted by atomic mass is 32.1. The van der Waals surface area contributed by atoms with Crippen LogP contribution >= 0.6 is 11.3 Å². The highest BCUT2D eigenvalue weighted by Crippen LogP contribution is 2.13. The van der Waals surface area contributed by atoms with Gasteiger partial charge in [-0.1, -0.05) is 11.3 Å². The van der Waals surface area contributed by atoms with Crippen molar-refractivity contribution >= 4 is 22.4 Å². The number of rotatable bonds is 4. The maximum absolute atomic E-state index is 11.3. The Morgan fingerprint density at radius 3 is 3.00 bits per heavy atom. The van der Waals surface area contributed by atoms with Crippen LogP contribution in [0.3, 0.4) is 0 Å². The quantitative estimate of drug-likeness (QED) is 0.744. The molecule has 1 amide bonds. The van der Waals surface area contributed by atoms with Gasteiger partial charge in [0.2, 0.25) is 5.13 Å². The molecule has 0 spiro atoms. The van der Waals surface area contributed by atoms with E-state index in [4.69, 9.17) is 4.74 Å². The largest absolute Gasteiger partial charge is 0.366 e. The summed E-state index contributed by atoms with van der Waals surface area (Å²) >= 11 is 1.35. The van der Waals surface area contributed by atoms with Gasteiger partial charge in [-0.2, -0.15) is 0 Å². The van der Waals surface area contributed by atoms with Gasteiger partial charge in [-0.15, -0.1) is 10.2 Å². The summed E-state index contributed by atoms with van der Waals surface area (Å²) in [6, 6.07) is 0. The van der Waals surface area contributed by atoms with Gasteiger partial charge in [-0.3, -0.25) is 10.1 Å². The molecule has 0 aliphatic carbocycles. The van der Waals surface area contributed by atoms with Crippen LogP contribution in [0.25, 0.3) is 0 Å². The Balaban J connectivity index is 1.71. The molecular formula is C8H12N4O2S. The molecule has 15 heavy (non-hydrogen) atoms. The van der Waals surface area contributed by atoms with Gasteiger partial charge in [-0.25, -0.2) is 0 Å². The third-order valence-electron chi connectivity index (χ3n) is 1.97. The maximum Gasteiger partial charge on any atom is 0.252 e. The summed E-state index contributed by atoms with van der Waals surface area (Å²) in [5, 5.41) is 14.6. The minimum absolute atomic E-state index is 0.0744. The van der Waals surface area contributed by atoms with E-state index in [9.17, 15) is 4.79 Å². The molecule has 0 radical (unpaired) electrons. The number of ether oxygens (including phenoxy) is 1. The molecule has 1 aromatic rings. The fourth-order valence-electron chi connectivity index (χ4n) is 1.08. The van der Waals surface area contributed by atoms with Crippen molar-refractivity contribution in [2.45, 2.75) is 13.0 Å². The van der Waals surface area contributed by atoms with Crippen LogP contribution in [-0.2, 0) is 9.53 Å². The average Bonchev–Trinajstić information content (AvgIpc) is 2.48. The summed E-state index contributed by atoms with van der Waals surface area (Å²) in [7, 11) is 0. The van der Waals surface area contributed by atoms with Gasteiger partial charge in [0, 0.05) is 13.1 Å². The SMILES string of the molecule is Cc1nnc(NC(=O)COC2CNC2)s1. The highest BCUT2D eigenvalue weighted by molar-refractivity contribution is 7.15. The summed E-state index contributed by atoms with van der Waals surface area (Å²) in [5.74, 6) is -0.182. The molecule has 6 nitrogen and oxygen atoms in total. The molecule has 0 bridgehead atoms. The lowest BCUT2D eigenvalue weighted by atomic mass is 10.2. The van der Waals surface area contributed by atoms with Crippen molar-refractivity contribution in [3.63, 3.8) is 0 Å². The average molecular weight is 228 g/mol. The molecule has 1 aliphatic heterocycles. The van der Waals surface area contributed by atoms with Crippen molar-refractivity contribution in [3.8, 4) is 0 Å². The van der Waals surface area contributed by atoms with Crippen molar-refractivity contribution in [1.29, 1.82) is 0 Å². The van der Waals surface area contributed by atoms with Crippen LogP contribution in [0.4, 0.5) is 5.13 Å². The molecular weight excluding hydrogens is 216 g/mol. The fourth-order valence-corrected chi connectivity index (χ4v) is 1.68. The first-order chi connectivity index (χ1) is 7.24. The number of amides is 1. The van der Waals surface area contributed by atoms with E-state index >= 15 is 0 Å². The molecule has 0 saturated carbocycles. The molecule has 1 saturated heterocycles. The van der Waals surface area contributed by atoms with Crippen LogP contribution in [0.5, 0.6) is 0 Å². The number of aromatic nitrogens is 2. The third-order valence-corrected chi connectivity index (χ3v) is 2.72. The Morgan fingerprint density at radius 2 is 2.47 bits per heavy atom. The van der Waals surface area contributed by atoms with E-state index < -0.39 is 0 Å². The summed E-state index contributed by atoms with van der Waals surface area (Å²) in [6.45, 7) is 3.56. The number of nitrogens with zero attached hydrogens (tertiary/aromatic N) is 2. The molecule has 82 valence electrons. The van der Waals surface area contributed by atoms with Gasteiger partial charge in [0.05, 0.1) is 6.10 Å². The zero-order valence-electron chi connectivity index (χ0n) is 8.32. The van der Waals surface area contributed by atoms with Gasteiger partial charge in [0.15, 0.2) is 0 Å². The van der Waals surface area contributed by atoms with E-state index in [-0.39, 0.29) is 18.6 Å². The predicted octanol–water partition coefficient (Wildman–Crippen LogP) is -0.227. The Morgan fingerprint density at radius 1 is 1.67 bits per heavy atom. The van der Waals surface area contributed by atoms with Crippen LogP contribution in [0.15, 0.2) is 0 Å². The minimum atomic E-state index is -0.182. The number of aryl methyl sites for hydroxylation is 1. The molecule has 2 heterocycles. The number of carbonyl (C=O) groups is 1. The Hall–Kier alpha value is -1.05. The van der Waals surface area contributed by atoms with Crippen molar-refractivity contribution in [1.82, 2.24) is 15.5 Å². The van der Waals surface area contributed by atoms with Crippen molar-refractivity contribution in [2.75, 3.05) is 25.0 Å². The zero-order valence-corrected chi connectivity index (χ0v) is 9.13.